The van der Waals surface area contributed by atoms with Crippen molar-refractivity contribution in [3.05, 3.63) is 29.3 Å². The molecule has 0 saturated heterocycles. The zero-order valence-electron chi connectivity index (χ0n) is 12.1. The van der Waals surface area contributed by atoms with E-state index in [1.54, 1.807) is 6.07 Å². The van der Waals surface area contributed by atoms with Gasteiger partial charge >= 0.3 is 0 Å². The van der Waals surface area contributed by atoms with Crippen molar-refractivity contribution >= 4 is 11.8 Å². The lowest BCUT2D eigenvalue weighted by molar-refractivity contribution is -0.435. The third-order valence-corrected chi connectivity index (χ3v) is 5.42. The van der Waals surface area contributed by atoms with Gasteiger partial charge < -0.3 is 23.2 Å². The highest BCUT2D eigenvalue weighted by atomic mass is 35.5. The molecule has 1 aromatic rings. The molecular weight excluding hydrogens is 278 g/mol. The van der Waals surface area contributed by atoms with Crippen LogP contribution in [-0.4, -0.2) is 21.6 Å². The Morgan fingerprint density at radius 2 is 2.00 bits per heavy atom. The van der Waals surface area contributed by atoms with E-state index in [0.29, 0.717) is 22.3 Å². The summed E-state index contributed by atoms with van der Waals surface area (Å²) < 4.78 is 0. The number of quaternary nitrogens is 1. The van der Waals surface area contributed by atoms with Crippen molar-refractivity contribution in [1.82, 2.24) is 0 Å². The minimum Gasteiger partial charge on any atom is -1.00 e. The van der Waals surface area contributed by atoms with Gasteiger partial charge in [0.15, 0.2) is 0 Å². The Morgan fingerprint density at radius 1 is 1.37 bits per heavy atom. The summed E-state index contributed by atoms with van der Waals surface area (Å²) in [5.74, 6) is 0.365. The van der Waals surface area contributed by atoms with Gasteiger partial charge in [-0.2, -0.15) is 0 Å². The Hall–Kier alpha value is -0.380. The standard InChI is InChI=1S/C15H23NOS.ClH/c1-9(2)18-13-7-10-5-6-11(17)8-12(10)15(3,4)14(13)16;/h5-6,8-9,13-14,17H,7,16H2,1-4H3;1H. The van der Waals surface area contributed by atoms with E-state index in [9.17, 15) is 5.11 Å². The van der Waals surface area contributed by atoms with Crippen LogP contribution in [0.2, 0.25) is 0 Å². The Balaban J connectivity index is 0.00000180. The van der Waals surface area contributed by atoms with Crippen LogP contribution in [0.3, 0.4) is 0 Å². The second kappa shape index (κ2) is 5.94. The fourth-order valence-corrected chi connectivity index (χ4v) is 4.36. The lowest BCUT2D eigenvalue weighted by atomic mass is 9.69. The van der Waals surface area contributed by atoms with Crippen LogP contribution in [0.1, 0.15) is 38.8 Å². The van der Waals surface area contributed by atoms with Gasteiger partial charge in [0.05, 0.1) is 5.25 Å². The zero-order valence-corrected chi connectivity index (χ0v) is 13.7. The van der Waals surface area contributed by atoms with Gasteiger partial charge in [-0.15, -0.1) is 11.8 Å². The molecule has 1 aliphatic carbocycles. The molecule has 4 heteroatoms. The fourth-order valence-electron chi connectivity index (χ4n) is 2.86. The first-order valence-corrected chi connectivity index (χ1v) is 7.57. The molecule has 19 heavy (non-hydrogen) atoms. The van der Waals surface area contributed by atoms with E-state index in [1.807, 2.05) is 17.8 Å². The topological polar surface area (TPSA) is 47.9 Å². The van der Waals surface area contributed by atoms with Gasteiger partial charge in [-0.3, -0.25) is 0 Å². The van der Waals surface area contributed by atoms with Crippen LogP contribution in [0.5, 0.6) is 5.75 Å². The molecule has 1 aromatic carbocycles. The molecule has 0 aliphatic heterocycles. The first-order valence-electron chi connectivity index (χ1n) is 6.63. The normalized spacial score (nSPS) is 24.7. The highest BCUT2D eigenvalue weighted by Gasteiger charge is 2.43. The molecule has 2 nitrogen and oxygen atoms in total. The summed E-state index contributed by atoms with van der Waals surface area (Å²) in [5, 5.41) is 10.9. The van der Waals surface area contributed by atoms with E-state index in [2.05, 4.69) is 39.5 Å². The monoisotopic (exact) mass is 301 g/mol. The van der Waals surface area contributed by atoms with Crippen LogP contribution in [-0.2, 0) is 11.8 Å². The molecule has 2 rings (SSSR count). The summed E-state index contributed by atoms with van der Waals surface area (Å²) in [7, 11) is 0. The van der Waals surface area contributed by atoms with Gasteiger partial charge in [0.25, 0.3) is 0 Å². The summed E-state index contributed by atoms with van der Waals surface area (Å²) in [4.78, 5) is 0. The molecule has 108 valence electrons. The summed E-state index contributed by atoms with van der Waals surface area (Å²) in [6, 6.07) is 6.17. The molecule has 1 aliphatic rings. The third-order valence-electron chi connectivity index (χ3n) is 4.03. The maximum absolute atomic E-state index is 9.69. The number of phenolic OH excluding ortho intramolecular Hbond substituents is 1. The molecule has 0 spiro atoms. The van der Waals surface area contributed by atoms with Crippen LogP contribution >= 0.6 is 11.8 Å². The number of thioether (sulfide) groups is 1. The molecule has 0 aromatic heterocycles. The third kappa shape index (κ3) is 3.21. The fraction of sp³-hybridized carbons (Fsp3) is 0.600. The smallest absolute Gasteiger partial charge is 0.115 e. The molecule has 0 heterocycles. The largest absolute Gasteiger partial charge is 1.00 e. The van der Waals surface area contributed by atoms with E-state index >= 15 is 0 Å². The molecular formula is C15H24ClNOS. The summed E-state index contributed by atoms with van der Waals surface area (Å²) in [6.45, 7) is 8.99. The van der Waals surface area contributed by atoms with Crippen LogP contribution in [0.15, 0.2) is 18.2 Å². The van der Waals surface area contributed by atoms with Crippen molar-refractivity contribution in [2.75, 3.05) is 0 Å². The van der Waals surface area contributed by atoms with Gasteiger partial charge in [-0.05, 0) is 34.9 Å². The molecule has 0 bridgehead atoms. The number of benzene rings is 1. The van der Waals surface area contributed by atoms with Gasteiger partial charge in [0, 0.05) is 5.41 Å². The lowest BCUT2D eigenvalue weighted by Crippen LogP contribution is -3.00. The molecule has 2 atom stereocenters. The molecule has 0 radical (unpaired) electrons. The molecule has 0 saturated carbocycles. The first kappa shape index (κ1) is 16.7. The number of aromatic hydroxyl groups is 1. The van der Waals surface area contributed by atoms with Crippen molar-refractivity contribution in [3.63, 3.8) is 0 Å². The molecule has 4 N–H and O–H groups in total. The summed E-state index contributed by atoms with van der Waals surface area (Å²) >= 11 is 2.03. The van der Waals surface area contributed by atoms with Gasteiger partial charge in [-0.1, -0.05) is 33.8 Å². The lowest BCUT2D eigenvalue weighted by Gasteiger charge is -2.41. The van der Waals surface area contributed by atoms with Gasteiger partial charge in [-0.25, -0.2) is 0 Å². The maximum Gasteiger partial charge on any atom is 0.115 e. The minimum atomic E-state index is 0. The number of fused-ring (bicyclic) bond motifs is 1. The average molecular weight is 302 g/mol. The highest BCUT2D eigenvalue weighted by Crippen LogP contribution is 2.41. The number of hydrogen-bond acceptors (Lipinski definition) is 2. The van der Waals surface area contributed by atoms with E-state index < -0.39 is 0 Å². The highest BCUT2D eigenvalue weighted by molar-refractivity contribution is 8.00. The van der Waals surface area contributed by atoms with Crippen molar-refractivity contribution in [2.45, 2.75) is 56.1 Å². The number of halogens is 1. The van der Waals surface area contributed by atoms with E-state index in [-0.39, 0.29) is 17.8 Å². The van der Waals surface area contributed by atoms with Gasteiger partial charge in [0.2, 0.25) is 0 Å². The SMILES string of the molecule is CC(C)SC1Cc2ccc(O)cc2C(C)(C)C1[NH3+].[Cl-]. The second-order valence-electron chi connectivity index (χ2n) is 6.10. The predicted octanol–water partition coefficient (Wildman–Crippen LogP) is -0.649. The number of hydrogen-bond donors (Lipinski definition) is 2. The van der Waals surface area contributed by atoms with Crippen molar-refractivity contribution < 1.29 is 23.2 Å². The van der Waals surface area contributed by atoms with Crippen molar-refractivity contribution in [1.29, 1.82) is 0 Å². The maximum atomic E-state index is 9.69. The van der Waals surface area contributed by atoms with Gasteiger partial charge in [0.1, 0.15) is 11.8 Å². The predicted molar refractivity (Wildman–Crippen MR) is 78.0 cm³/mol. The number of phenols is 1. The molecule has 0 amide bonds. The summed E-state index contributed by atoms with van der Waals surface area (Å²) in [5.41, 5.74) is 7.08. The molecule has 0 fully saturated rings. The summed E-state index contributed by atoms with van der Waals surface area (Å²) in [6.07, 6.45) is 1.07. The Bertz CT molecular complexity index is 448. The van der Waals surface area contributed by atoms with Crippen LogP contribution in [0, 0.1) is 0 Å². The number of rotatable bonds is 2. The Labute approximate surface area is 126 Å². The Morgan fingerprint density at radius 3 is 2.58 bits per heavy atom. The van der Waals surface area contributed by atoms with Crippen LogP contribution in [0.25, 0.3) is 0 Å². The zero-order chi connectivity index (χ0) is 13.5. The first-order chi connectivity index (χ1) is 8.32. The minimum absolute atomic E-state index is 0. The van der Waals surface area contributed by atoms with E-state index in [0.717, 1.165) is 6.42 Å². The van der Waals surface area contributed by atoms with Crippen molar-refractivity contribution in [3.8, 4) is 5.75 Å². The molecule has 2 unspecified atom stereocenters. The Kier molecular flexibility index (Phi) is 5.21. The second-order valence-corrected chi connectivity index (χ2v) is 7.92. The van der Waals surface area contributed by atoms with Crippen molar-refractivity contribution in [2.24, 2.45) is 0 Å². The van der Waals surface area contributed by atoms with Crippen LogP contribution in [0.4, 0.5) is 0 Å². The van der Waals surface area contributed by atoms with E-state index in [4.69, 9.17) is 0 Å². The van der Waals surface area contributed by atoms with Crippen LogP contribution < -0.4 is 18.1 Å². The quantitative estimate of drug-likeness (QED) is 0.763. The van der Waals surface area contributed by atoms with E-state index in [1.165, 1.54) is 11.1 Å². The average Bonchev–Trinajstić information content (AvgIpc) is 2.27.